The molecule has 0 unspecified atom stereocenters. The molecule has 0 amide bonds. The first-order chi connectivity index (χ1) is 10.4. The number of ether oxygens (including phenoxy) is 1. The Hall–Kier alpha value is -2.50. The van der Waals surface area contributed by atoms with Gasteiger partial charge < -0.3 is 9.72 Å². The lowest BCUT2D eigenvalue weighted by atomic mass is 10.1. The first-order valence-corrected chi connectivity index (χ1v) is 7.15. The molecule has 3 aromatic heterocycles. The molecule has 1 aliphatic rings. The van der Waals surface area contributed by atoms with Gasteiger partial charge in [-0.15, -0.1) is 0 Å². The van der Waals surface area contributed by atoms with Gasteiger partial charge in [-0.05, 0) is 25.8 Å². The first-order valence-electron chi connectivity index (χ1n) is 7.15. The minimum absolute atomic E-state index is 0.479. The van der Waals surface area contributed by atoms with E-state index in [-0.39, 0.29) is 0 Å². The minimum atomic E-state index is 0.479. The number of aromatic nitrogens is 5. The first kappa shape index (κ1) is 12.3. The van der Waals surface area contributed by atoms with E-state index in [0.717, 1.165) is 35.1 Å². The average molecular weight is 281 g/mol. The SMILES string of the molecule is CCOc1ncnc(C2CC2)c1-c1ncc2[nH]ccc2n1. The van der Waals surface area contributed by atoms with Gasteiger partial charge in [0.25, 0.3) is 0 Å². The zero-order chi connectivity index (χ0) is 14.2. The van der Waals surface area contributed by atoms with Crippen LogP contribution in [0.5, 0.6) is 5.88 Å². The van der Waals surface area contributed by atoms with Crippen molar-refractivity contribution in [2.24, 2.45) is 0 Å². The molecular weight excluding hydrogens is 266 g/mol. The number of fused-ring (bicyclic) bond motifs is 1. The van der Waals surface area contributed by atoms with Crippen molar-refractivity contribution in [2.75, 3.05) is 6.61 Å². The topological polar surface area (TPSA) is 76.6 Å². The average Bonchev–Trinajstić information content (AvgIpc) is 3.25. The molecule has 0 spiro atoms. The molecule has 1 N–H and O–H groups in total. The summed E-state index contributed by atoms with van der Waals surface area (Å²) in [5, 5.41) is 0. The lowest BCUT2D eigenvalue weighted by Crippen LogP contribution is -2.04. The van der Waals surface area contributed by atoms with Crippen LogP contribution in [-0.2, 0) is 0 Å². The Morgan fingerprint density at radius 2 is 2.19 bits per heavy atom. The zero-order valence-electron chi connectivity index (χ0n) is 11.7. The van der Waals surface area contributed by atoms with Crippen molar-refractivity contribution in [3.63, 3.8) is 0 Å². The highest BCUT2D eigenvalue weighted by Crippen LogP contribution is 2.44. The molecule has 1 fully saturated rings. The van der Waals surface area contributed by atoms with Crippen molar-refractivity contribution >= 4 is 11.0 Å². The summed E-state index contributed by atoms with van der Waals surface area (Å²) in [6.45, 7) is 2.50. The summed E-state index contributed by atoms with van der Waals surface area (Å²) in [7, 11) is 0. The Morgan fingerprint density at radius 3 is 3.00 bits per heavy atom. The van der Waals surface area contributed by atoms with E-state index in [9.17, 15) is 0 Å². The second-order valence-electron chi connectivity index (χ2n) is 5.12. The van der Waals surface area contributed by atoms with Crippen LogP contribution < -0.4 is 4.74 Å². The van der Waals surface area contributed by atoms with E-state index in [4.69, 9.17) is 4.74 Å². The maximum atomic E-state index is 5.66. The Bertz CT molecular complexity index is 794. The molecule has 0 bridgehead atoms. The summed E-state index contributed by atoms with van der Waals surface area (Å²) < 4.78 is 5.66. The number of H-pyrrole nitrogens is 1. The quantitative estimate of drug-likeness (QED) is 0.795. The fraction of sp³-hybridized carbons (Fsp3) is 0.333. The predicted octanol–water partition coefficient (Wildman–Crippen LogP) is 2.69. The third kappa shape index (κ3) is 2.12. The third-order valence-corrected chi connectivity index (χ3v) is 3.61. The van der Waals surface area contributed by atoms with Crippen LogP contribution in [0.4, 0.5) is 0 Å². The smallest absolute Gasteiger partial charge is 0.228 e. The summed E-state index contributed by atoms with van der Waals surface area (Å²) >= 11 is 0. The summed E-state index contributed by atoms with van der Waals surface area (Å²) in [5.41, 5.74) is 3.64. The van der Waals surface area contributed by atoms with E-state index in [1.54, 1.807) is 12.5 Å². The number of hydrogen-bond donors (Lipinski definition) is 1. The van der Waals surface area contributed by atoms with Gasteiger partial charge >= 0.3 is 0 Å². The van der Waals surface area contributed by atoms with Gasteiger partial charge in [-0.3, -0.25) is 0 Å². The molecule has 0 aliphatic heterocycles. The molecule has 106 valence electrons. The highest BCUT2D eigenvalue weighted by atomic mass is 16.5. The molecule has 6 nitrogen and oxygen atoms in total. The monoisotopic (exact) mass is 281 g/mol. The number of rotatable bonds is 4. The normalized spacial score (nSPS) is 14.5. The summed E-state index contributed by atoms with van der Waals surface area (Å²) in [4.78, 5) is 20.9. The standard InChI is InChI=1S/C15H15N5O/c1-2-21-15-12(13(9-3-4-9)18-8-19-15)14-17-7-11-10(20-14)5-6-16-11/h5-9,16H,2-4H2,1H3. The van der Waals surface area contributed by atoms with E-state index in [1.165, 1.54) is 0 Å². The van der Waals surface area contributed by atoms with Crippen LogP contribution in [0.2, 0.25) is 0 Å². The fourth-order valence-electron chi connectivity index (χ4n) is 2.47. The highest BCUT2D eigenvalue weighted by Gasteiger charge is 2.31. The predicted molar refractivity (Wildman–Crippen MR) is 78.1 cm³/mol. The van der Waals surface area contributed by atoms with Crippen molar-refractivity contribution in [2.45, 2.75) is 25.7 Å². The van der Waals surface area contributed by atoms with E-state index < -0.39 is 0 Å². The van der Waals surface area contributed by atoms with Crippen molar-refractivity contribution in [1.29, 1.82) is 0 Å². The molecule has 1 saturated carbocycles. The van der Waals surface area contributed by atoms with Gasteiger partial charge in [0, 0.05) is 12.1 Å². The van der Waals surface area contributed by atoms with Gasteiger partial charge in [0.05, 0.1) is 29.5 Å². The van der Waals surface area contributed by atoms with Crippen molar-refractivity contribution in [3.05, 3.63) is 30.5 Å². The zero-order valence-corrected chi connectivity index (χ0v) is 11.7. The van der Waals surface area contributed by atoms with Crippen LogP contribution in [0, 0.1) is 0 Å². The lowest BCUT2D eigenvalue weighted by molar-refractivity contribution is 0.327. The maximum absolute atomic E-state index is 5.66. The number of aromatic amines is 1. The van der Waals surface area contributed by atoms with E-state index in [1.807, 2.05) is 19.2 Å². The molecule has 21 heavy (non-hydrogen) atoms. The van der Waals surface area contributed by atoms with Gasteiger partial charge in [-0.1, -0.05) is 0 Å². The van der Waals surface area contributed by atoms with Crippen molar-refractivity contribution < 1.29 is 4.74 Å². The van der Waals surface area contributed by atoms with Crippen LogP contribution in [0.15, 0.2) is 24.8 Å². The lowest BCUT2D eigenvalue weighted by Gasteiger charge is -2.11. The molecule has 3 aromatic rings. The molecule has 4 rings (SSSR count). The van der Waals surface area contributed by atoms with Crippen molar-refractivity contribution in [3.8, 4) is 17.3 Å². The Labute approximate surface area is 121 Å². The summed E-state index contributed by atoms with van der Waals surface area (Å²) in [6, 6.07) is 1.93. The Balaban J connectivity index is 1.91. The molecule has 3 heterocycles. The van der Waals surface area contributed by atoms with Crippen LogP contribution in [0.3, 0.4) is 0 Å². The number of nitrogens with one attached hydrogen (secondary N) is 1. The molecule has 1 aliphatic carbocycles. The van der Waals surface area contributed by atoms with Gasteiger partial charge in [-0.2, -0.15) is 0 Å². The van der Waals surface area contributed by atoms with E-state index >= 15 is 0 Å². The number of nitrogens with zero attached hydrogens (tertiary/aromatic N) is 4. The molecule has 6 heteroatoms. The Morgan fingerprint density at radius 1 is 1.29 bits per heavy atom. The molecule has 0 radical (unpaired) electrons. The fourth-order valence-corrected chi connectivity index (χ4v) is 2.47. The van der Waals surface area contributed by atoms with Gasteiger partial charge in [0.1, 0.15) is 11.9 Å². The summed E-state index contributed by atoms with van der Waals surface area (Å²) in [5.74, 6) is 1.69. The van der Waals surface area contributed by atoms with Crippen LogP contribution in [-0.4, -0.2) is 31.5 Å². The van der Waals surface area contributed by atoms with E-state index in [0.29, 0.717) is 24.2 Å². The van der Waals surface area contributed by atoms with Crippen molar-refractivity contribution in [1.82, 2.24) is 24.9 Å². The largest absolute Gasteiger partial charge is 0.477 e. The number of hydrogen-bond acceptors (Lipinski definition) is 5. The second-order valence-corrected chi connectivity index (χ2v) is 5.12. The molecule has 0 saturated heterocycles. The van der Waals surface area contributed by atoms with Gasteiger partial charge in [0.2, 0.25) is 5.88 Å². The van der Waals surface area contributed by atoms with Crippen LogP contribution >= 0.6 is 0 Å². The molecular formula is C15H15N5O. The van der Waals surface area contributed by atoms with Gasteiger partial charge in [0.15, 0.2) is 5.82 Å². The van der Waals surface area contributed by atoms with Crippen LogP contribution in [0.25, 0.3) is 22.4 Å². The van der Waals surface area contributed by atoms with Gasteiger partial charge in [-0.25, -0.2) is 19.9 Å². The highest BCUT2D eigenvalue weighted by molar-refractivity contribution is 5.77. The Kier molecular flexibility index (Phi) is 2.80. The minimum Gasteiger partial charge on any atom is -0.477 e. The summed E-state index contributed by atoms with van der Waals surface area (Å²) in [6.07, 6.45) is 7.52. The maximum Gasteiger partial charge on any atom is 0.228 e. The third-order valence-electron chi connectivity index (χ3n) is 3.61. The second kappa shape index (κ2) is 4.80. The molecule has 0 atom stereocenters. The molecule has 0 aromatic carbocycles. The van der Waals surface area contributed by atoms with Crippen LogP contribution in [0.1, 0.15) is 31.4 Å². The van der Waals surface area contributed by atoms with E-state index in [2.05, 4.69) is 24.9 Å².